The zero-order chi connectivity index (χ0) is 16.2. The number of likely N-dealkylation sites (tertiary alicyclic amines) is 2. The Hall–Kier alpha value is -1.75. The smallest absolute Gasteiger partial charge is 0.317 e. The Morgan fingerprint density at radius 2 is 2.00 bits per heavy atom. The average Bonchev–Trinajstić information content (AvgIpc) is 2.50. The van der Waals surface area contributed by atoms with Gasteiger partial charge >= 0.3 is 6.03 Å². The Labute approximate surface area is 138 Å². The molecule has 1 unspecified atom stereocenters. The number of piperidine rings is 1. The summed E-state index contributed by atoms with van der Waals surface area (Å²) in [6, 6.07) is 8.39. The molecule has 0 aromatic heterocycles. The summed E-state index contributed by atoms with van der Waals surface area (Å²) in [4.78, 5) is 16.6. The van der Waals surface area contributed by atoms with Crippen LogP contribution in [-0.4, -0.2) is 59.2 Å². The number of urea groups is 1. The van der Waals surface area contributed by atoms with Gasteiger partial charge in [0, 0.05) is 31.7 Å². The van der Waals surface area contributed by atoms with Crippen molar-refractivity contribution in [2.24, 2.45) is 0 Å². The number of aromatic hydroxyl groups is 1. The van der Waals surface area contributed by atoms with Gasteiger partial charge < -0.3 is 15.3 Å². The third-order valence-electron chi connectivity index (χ3n) is 5.10. The first-order valence-electron chi connectivity index (χ1n) is 8.70. The molecule has 2 fully saturated rings. The van der Waals surface area contributed by atoms with Crippen molar-refractivity contribution in [2.45, 2.75) is 44.7 Å². The molecule has 2 heterocycles. The fraction of sp³-hybridized carbons (Fsp3) is 0.611. The van der Waals surface area contributed by atoms with Crippen molar-refractivity contribution in [3.8, 4) is 5.75 Å². The summed E-state index contributed by atoms with van der Waals surface area (Å²) in [6.07, 6.45) is 4.70. The van der Waals surface area contributed by atoms with E-state index >= 15 is 0 Å². The lowest BCUT2D eigenvalue weighted by molar-refractivity contribution is 0.0170. The molecule has 5 heteroatoms. The second-order valence-corrected chi connectivity index (χ2v) is 6.79. The van der Waals surface area contributed by atoms with E-state index in [4.69, 9.17) is 0 Å². The van der Waals surface area contributed by atoms with Crippen molar-refractivity contribution in [1.29, 1.82) is 0 Å². The summed E-state index contributed by atoms with van der Waals surface area (Å²) >= 11 is 0. The van der Waals surface area contributed by atoms with Crippen LogP contribution in [0.5, 0.6) is 5.75 Å². The number of phenolic OH excluding ortho intramolecular Hbond substituents is 1. The number of benzene rings is 1. The summed E-state index contributed by atoms with van der Waals surface area (Å²) in [5, 5.41) is 12.2. The molecule has 1 aromatic carbocycles. The summed E-state index contributed by atoms with van der Waals surface area (Å²) in [5.74, 6) is 0.274. The summed E-state index contributed by atoms with van der Waals surface area (Å²) in [5.41, 5.74) is 1.12. The first-order valence-corrected chi connectivity index (χ1v) is 8.70. The number of amides is 2. The second kappa shape index (κ2) is 7.21. The Bertz CT molecular complexity index is 526. The standard InChI is InChI=1S/C18H27N3O2/c1-14-4-2-3-11-21(14)16-12-20(13-16)18(23)19-10-9-15-5-7-17(22)8-6-15/h5-8,14,16,22H,2-4,9-13H2,1H3,(H,19,23). The highest BCUT2D eigenvalue weighted by Crippen LogP contribution is 2.24. The summed E-state index contributed by atoms with van der Waals surface area (Å²) in [7, 11) is 0. The SMILES string of the molecule is CC1CCCCN1C1CN(C(=O)NCCc2ccc(O)cc2)C1. The fourth-order valence-electron chi connectivity index (χ4n) is 3.58. The number of rotatable bonds is 4. The van der Waals surface area contributed by atoms with E-state index in [9.17, 15) is 9.90 Å². The van der Waals surface area contributed by atoms with Gasteiger partial charge in [0.05, 0.1) is 0 Å². The van der Waals surface area contributed by atoms with E-state index in [-0.39, 0.29) is 11.8 Å². The minimum atomic E-state index is 0.0460. The predicted molar refractivity (Wildman–Crippen MR) is 90.6 cm³/mol. The number of carbonyl (C=O) groups excluding carboxylic acids is 1. The highest BCUT2D eigenvalue weighted by atomic mass is 16.3. The zero-order valence-corrected chi connectivity index (χ0v) is 13.9. The van der Waals surface area contributed by atoms with Crippen LogP contribution in [0.15, 0.2) is 24.3 Å². The van der Waals surface area contributed by atoms with Crippen LogP contribution in [0.25, 0.3) is 0 Å². The molecule has 0 bridgehead atoms. The van der Waals surface area contributed by atoms with Crippen LogP contribution in [0.4, 0.5) is 4.79 Å². The maximum absolute atomic E-state index is 12.1. The molecule has 2 aliphatic rings. The molecule has 2 aliphatic heterocycles. The van der Waals surface area contributed by atoms with Crippen LogP contribution in [0.3, 0.4) is 0 Å². The van der Waals surface area contributed by atoms with Crippen molar-refractivity contribution in [2.75, 3.05) is 26.2 Å². The summed E-state index contributed by atoms with van der Waals surface area (Å²) in [6.45, 7) is 5.83. The zero-order valence-electron chi connectivity index (χ0n) is 13.9. The Morgan fingerprint density at radius 1 is 1.26 bits per heavy atom. The van der Waals surface area contributed by atoms with Gasteiger partial charge in [0.1, 0.15) is 5.75 Å². The molecule has 0 aliphatic carbocycles. The van der Waals surface area contributed by atoms with E-state index in [0.717, 1.165) is 25.1 Å². The van der Waals surface area contributed by atoms with E-state index in [1.807, 2.05) is 17.0 Å². The molecule has 23 heavy (non-hydrogen) atoms. The molecule has 2 N–H and O–H groups in total. The van der Waals surface area contributed by atoms with Crippen molar-refractivity contribution in [1.82, 2.24) is 15.1 Å². The Kier molecular flexibility index (Phi) is 5.06. The monoisotopic (exact) mass is 317 g/mol. The largest absolute Gasteiger partial charge is 0.508 e. The first-order chi connectivity index (χ1) is 11.1. The topological polar surface area (TPSA) is 55.8 Å². The normalized spacial score (nSPS) is 22.7. The number of hydrogen-bond donors (Lipinski definition) is 2. The van der Waals surface area contributed by atoms with Crippen LogP contribution >= 0.6 is 0 Å². The van der Waals surface area contributed by atoms with Gasteiger partial charge in [0.2, 0.25) is 0 Å². The highest BCUT2D eigenvalue weighted by molar-refractivity contribution is 5.75. The van der Waals surface area contributed by atoms with Crippen molar-refractivity contribution in [3.63, 3.8) is 0 Å². The van der Waals surface area contributed by atoms with Crippen molar-refractivity contribution < 1.29 is 9.90 Å². The van der Waals surface area contributed by atoms with Crippen LogP contribution in [0.1, 0.15) is 31.7 Å². The maximum Gasteiger partial charge on any atom is 0.317 e. The average molecular weight is 317 g/mol. The molecule has 1 aromatic rings. The lowest BCUT2D eigenvalue weighted by atomic mass is 9.98. The van der Waals surface area contributed by atoms with Crippen molar-refractivity contribution >= 4 is 6.03 Å². The van der Waals surface area contributed by atoms with E-state index in [2.05, 4.69) is 17.1 Å². The third kappa shape index (κ3) is 3.96. The van der Waals surface area contributed by atoms with Gasteiger partial charge in [-0.2, -0.15) is 0 Å². The van der Waals surface area contributed by atoms with Crippen molar-refractivity contribution in [3.05, 3.63) is 29.8 Å². The van der Waals surface area contributed by atoms with Crippen LogP contribution < -0.4 is 5.32 Å². The van der Waals surface area contributed by atoms with Gasteiger partial charge in [0.25, 0.3) is 0 Å². The van der Waals surface area contributed by atoms with Gasteiger partial charge in [-0.1, -0.05) is 18.6 Å². The van der Waals surface area contributed by atoms with Gasteiger partial charge in [0.15, 0.2) is 0 Å². The quantitative estimate of drug-likeness (QED) is 0.895. The lowest BCUT2D eigenvalue weighted by Gasteiger charge is -2.49. The molecule has 0 spiro atoms. The number of carbonyl (C=O) groups is 1. The molecular weight excluding hydrogens is 290 g/mol. The number of nitrogens with zero attached hydrogens (tertiary/aromatic N) is 2. The Morgan fingerprint density at radius 3 is 2.70 bits per heavy atom. The lowest BCUT2D eigenvalue weighted by Crippen LogP contribution is -2.65. The van der Waals surface area contributed by atoms with E-state index < -0.39 is 0 Å². The minimum absolute atomic E-state index is 0.0460. The molecule has 3 rings (SSSR count). The number of phenols is 1. The molecule has 0 radical (unpaired) electrons. The molecule has 126 valence electrons. The molecule has 5 nitrogen and oxygen atoms in total. The molecule has 2 saturated heterocycles. The fourth-order valence-corrected chi connectivity index (χ4v) is 3.58. The molecular formula is C18H27N3O2. The second-order valence-electron chi connectivity index (χ2n) is 6.79. The highest BCUT2D eigenvalue weighted by Gasteiger charge is 2.37. The summed E-state index contributed by atoms with van der Waals surface area (Å²) < 4.78 is 0. The third-order valence-corrected chi connectivity index (χ3v) is 5.10. The number of nitrogens with one attached hydrogen (secondary N) is 1. The van der Waals surface area contributed by atoms with E-state index in [1.165, 1.54) is 25.8 Å². The number of hydrogen-bond acceptors (Lipinski definition) is 3. The van der Waals surface area contributed by atoms with E-state index in [0.29, 0.717) is 18.6 Å². The van der Waals surface area contributed by atoms with Crippen LogP contribution in [0, 0.1) is 0 Å². The van der Waals surface area contributed by atoms with E-state index in [1.54, 1.807) is 12.1 Å². The first kappa shape index (κ1) is 16.1. The van der Waals surface area contributed by atoms with Crippen LogP contribution in [0.2, 0.25) is 0 Å². The maximum atomic E-state index is 12.1. The van der Waals surface area contributed by atoms with Gasteiger partial charge in [-0.3, -0.25) is 4.90 Å². The minimum Gasteiger partial charge on any atom is -0.508 e. The van der Waals surface area contributed by atoms with Gasteiger partial charge in [-0.05, 0) is 50.4 Å². The van der Waals surface area contributed by atoms with Crippen LogP contribution in [-0.2, 0) is 6.42 Å². The molecule has 0 saturated carbocycles. The molecule has 2 amide bonds. The molecule has 1 atom stereocenters. The van der Waals surface area contributed by atoms with Gasteiger partial charge in [-0.15, -0.1) is 0 Å². The Balaban J connectivity index is 1.36. The van der Waals surface area contributed by atoms with Gasteiger partial charge in [-0.25, -0.2) is 4.79 Å². The predicted octanol–water partition coefficient (Wildman–Crippen LogP) is 2.20.